The van der Waals surface area contributed by atoms with Crippen molar-refractivity contribution < 1.29 is 0 Å². The van der Waals surface area contributed by atoms with E-state index in [1.165, 1.54) is 0 Å². The molecule has 1 aromatic carbocycles. The van der Waals surface area contributed by atoms with Gasteiger partial charge in [-0.2, -0.15) is 0 Å². The van der Waals surface area contributed by atoms with Gasteiger partial charge in [-0.1, -0.05) is 6.92 Å². The number of nitrogens with zero attached hydrogens (tertiary/aromatic N) is 2. The van der Waals surface area contributed by atoms with Crippen molar-refractivity contribution in [3.05, 3.63) is 20.4 Å². The van der Waals surface area contributed by atoms with Gasteiger partial charge in [-0.05, 0) is 13.3 Å². The molecule has 0 N–H and O–H groups in total. The molecule has 0 saturated carbocycles. The summed E-state index contributed by atoms with van der Waals surface area (Å²) in [6.45, 7) is 5.54. The first-order valence-corrected chi connectivity index (χ1v) is 5.30. The average molecular weight is 210 g/mol. The maximum absolute atomic E-state index is 11.4. The second-order valence-corrected chi connectivity index (χ2v) is 3.79. The minimum atomic E-state index is -0.350. The van der Waals surface area contributed by atoms with Gasteiger partial charge in [0.2, 0.25) is 0 Å². The van der Waals surface area contributed by atoms with Crippen LogP contribution in [0.4, 0.5) is 11.4 Å². The van der Waals surface area contributed by atoms with E-state index < -0.39 is 0 Å². The molecule has 0 heterocycles. The SMILES string of the molecule is CCCN(C)c1c(N(C)CC)c(=O)c1=O. The Bertz CT molecular complexity index is 405. The van der Waals surface area contributed by atoms with Crippen molar-refractivity contribution in [2.45, 2.75) is 20.3 Å². The smallest absolute Gasteiger partial charge is 0.253 e. The third kappa shape index (κ3) is 1.89. The van der Waals surface area contributed by atoms with E-state index in [2.05, 4.69) is 0 Å². The summed E-state index contributed by atoms with van der Waals surface area (Å²) in [5.74, 6) is 0. The van der Waals surface area contributed by atoms with Gasteiger partial charge in [-0.25, -0.2) is 0 Å². The van der Waals surface area contributed by atoms with E-state index in [0.717, 1.165) is 19.5 Å². The molecule has 0 aromatic heterocycles. The van der Waals surface area contributed by atoms with Gasteiger partial charge in [0.1, 0.15) is 11.4 Å². The largest absolute Gasteiger partial charge is 0.370 e. The van der Waals surface area contributed by atoms with Crippen LogP contribution in [0, 0.1) is 0 Å². The van der Waals surface area contributed by atoms with Crippen molar-refractivity contribution in [2.75, 3.05) is 37.0 Å². The Hall–Kier alpha value is -1.32. The van der Waals surface area contributed by atoms with Crippen molar-refractivity contribution in [2.24, 2.45) is 0 Å². The minimum Gasteiger partial charge on any atom is -0.370 e. The molecule has 0 radical (unpaired) electrons. The fourth-order valence-electron chi connectivity index (χ4n) is 1.68. The van der Waals surface area contributed by atoms with Gasteiger partial charge >= 0.3 is 0 Å². The van der Waals surface area contributed by atoms with E-state index in [4.69, 9.17) is 0 Å². The Balaban J connectivity index is 3.04. The van der Waals surface area contributed by atoms with Crippen LogP contribution in [0.25, 0.3) is 0 Å². The molecule has 0 spiro atoms. The van der Waals surface area contributed by atoms with Crippen molar-refractivity contribution in [3.63, 3.8) is 0 Å². The highest BCUT2D eigenvalue weighted by Crippen LogP contribution is 2.21. The Morgan fingerprint density at radius 1 is 0.933 bits per heavy atom. The van der Waals surface area contributed by atoms with Crippen LogP contribution in [0.1, 0.15) is 20.3 Å². The van der Waals surface area contributed by atoms with Crippen LogP contribution < -0.4 is 20.7 Å². The minimum absolute atomic E-state index is 0.346. The van der Waals surface area contributed by atoms with Gasteiger partial charge in [0.05, 0.1) is 0 Å². The third-order valence-electron chi connectivity index (χ3n) is 2.66. The standard InChI is InChI=1S/C11H18N2O2/c1-5-7-13(4)9-8(12(3)6-2)10(14)11(9)15/h5-7H2,1-4H3. The molecular formula is C11H18N2O2. The Morgan fingerprint density at radius 3 is 1.80 bits per heavy atom. The van der Waals surface area contributed by atoms with E-state index in [-0.39, 0.29) is 10.9 Å². The summed E-state index contributed by atoms with van der Waals surface area (Å²) < 4.78 is 0. The summed E-state index contributed by atoms with van der Waals surface area (Å²) in [5, 5.41) is 0. The lowest BCUT2D eigenvalue weighted by atomic mass is 10.1. The molecule has 0 aliphatic heterocycles. The molecule has 0 bridgehead atoms. The summed E-state index contributed by atoms with van der Waals surface area (Å²) in [6, 6.07) is 0. The highest BCUT2D eigenvalue weighted by molar-refractivity contribution is 5.75. The van der Waals surface area contributed by atoms with Crippen LogP contribution in [0.2, 0.25) is 0 Å². The van der Waals surface area contributed by atoms with Crippen molar-refractivity contribution >= 4 is 11.4 Å². The number of rotatable bonds is 5. The van der Waals surface area contributed by atoms with Crippen LogP contribution in [0.5, 0.6) is 0 Å². The molecule has 0 amide bonds. The van der Waals surface area contributed by atoms with Gasteiger partial charge < -0.3 is 9.80 Å². The second-order valence-electron chi connectivity index (χ2n) is 3.79. The Kier molecular flexibility index (Phi) is 3.50. The van der Waals surface area contributed by atoms with Crippen molar-refractivity contribution in [1.29, 1.82) is 0 Å². The van der Waals surface area contributed by atoms with E-state index in [1.807, 2.05) is 37.7 Å². The zero-order valence-corrected chi connectivity index (χ0v) is 9.83. The van der Waals surface area contributed by atoms with Crippen LogP contribution in [-0.2, 0) is 0 Å². The Labute approximate surface area is 89.8 Å². The molecule has 4 nitrogen and oxygen atoms in total. The highest BCUT2D eigenvalue weighted by atomic mass is 16.2. The van der Waals surface area contributed by atoms with Gasteiger partial charge in [-0.3, -0.25) is 9.59 Å². The van der Waals surface area contributed by atoms with Crippen LogP contribution in [0.3, 0.4) is 0 Å². The molecule has 15 heavy (non-hydrogen) atoms. The molecule has 0 unspecified atom stereocenters. The third-order valence-corrected chi connectivity index (χ3v) is 2.66. The summed E-state index contributed by atoms with van der Waals surface area (Å²) >= 11 is 0. The molecule has 1 aromatic rings. The fourth-order valence-corrected chi connectivity index (χ4v) is 1.68. The lowest BCUT2D eigenvalue weighted by Gasteiger charge is -2.27. The molecule has 0 aliphatic rings. The predicted octanol–water partition coefficient (Wildman–Crippen LogP) is 0.585. The first-order chi connectivity index (χ1) is 7.04. The van der Waals surface area contributed by atoms with Gasteiger partial charge in [0.15, 0.2) is 0 Å². The van der Waals surface area contributed by atoms with Gasteiger partial charge in [0.25, 0.3) is 10.9 Å². The van der Waals surface area contributed by atoms with E-state index >= 15 is 0 Å². The first kappa shape index (κ1) is 11.8. The highest BCUT2D eigenvalue weighted by Gasteiger charge is 2.25. The topological polar surface area (TPSA) is 40.6 Å². The summed E-state index contributed by atoms with van der Waals surface area (Å²) in [6.07, 6.45) is 0.963. The molecule has 0 aliphatic carbocycles. The van der Waals surface area contributed by atoms with Crippen LogP contribution in [-0.4, -0.2) is 27.2 Å². The molecule has 0 saturated heterocycles. The molecule has 1 rings (SSSR count). The molecule has 84 valence electrons. The first-order valence-electron chi connectivity index (χ1n) is 5.30. The second kappa shape index (κ2) is 4.47. The lowest BCUT2D eigenvalue weighted by Crippen LogP contribution is -2.44. The molecular weight excluding hydrogens is 192 g/mol. The molecule has 4 heteroatoms. The lowest BCUT2D eigenvalue weighted by molar-refractivity contribution is 0.834. The van der Waals surface area contributed by atoms with Crippen LogP contribution >= 0.6 is 0 Å². The van der Waals surface area contributed by atoms with Gasteiger partial charge in [0, 0.05) is 27.2 Å². The summed E-state index contributed by atoms with van der Waals surface area (Å²) in [4.78, 5) is 26.5. The number of hydrogen-bond acceptors (Lipinski definition) is 4. The summed E-state index contributed by atoms with van der Waals surface area (Å²) in [5.41, 5.74) is 0.447. The Morgan fingerprint density at radius 2 is 1.40 bits per heavy atom. The van der Waals surface area contributed by atoms with E-state index in [9.17, 15) is 9.59 Å². The van der Waals surface area contributed by atoms with Crippen molar-refractivity contribution in [1.82, 2.24) is 0 Å². The van der Waals surface area contributed by atoms with Gasteiger partial charge in [-0.15, -0.1) is 0 Å². The van der Waals surface area contributed by atoms with Crippen LogP contribution in [0.15, 0.2) is 9.59 Å². The normalized spacial score (nSPS) is 10.7. The number of anilines is 2. The maximum Gasteiger partial charge on any atom is 0.253 e. The van der Waals surface area contributed by atoms with E-state index in [1.54, 1.807) is 0 Å². The maximum atomic E-state index is 11.4. The number of hydrogen-bond donors (Lipinski definition) is 0. The zero-order chi connectivity index (χ0) is 11.6. The molecule has 0 atom stereocenters. The zero-order valence-electron chi connectivity index (χ0n) is 9.83. The fraction of sp³-hybridized carbons (Fsp3) is 0.636. The average Bonchev–Trinajstić information content (AvgIpc) is 2.23. The monoisotopic (exact) mass is 210 g/mol. The summed E-state index contributed by atoms with van der Waals surface area (Å²) in [7, 11) is 3.69. The quantitative estimate of drug-likeness (QED) is 0.667. The van der Waals surface area contributed by atoms with E-state index in [0.29, 0.717) is 11.4 Å². The molecule has 0 fully saturated rings. The predicted molar refractivity (Wildman–Crippen MR) is 63.9 cm³/mol. The van der Waals surface area contributed by atoms with Crippen molar-refractivity contribution in [3.8, 4) is 0 Å².